The van der Waals surface area contributed by atoms with Crippen LogP contribution in [0.1, 0.15) is 30.4 Å². The zero-order chi connectivity index (χ0) is 15.5. The minimum absolute atomic E-state index is 0.156. The molecule has 1 rings (SSSR count). The lowest BCUT2D eigenvalue weighted by Crippen LogP contribution is -2.37. The number of rotatable bonds is 7. The molecule has 0 saturated carbocycles. The number of aryl methyl sites for hydroxylation is 1. The number of hydrogen-bond donors (Lipinski definition) is 2. The van der Waals surface area contributed by atoms with Gasteiger partial charge in [0.05, 0.1) is 7.11 Å². The summed E-state index contributed by atoms with van der Waals surface area (Å²) in [6.07, 6.45) is 2.18. The predicted molar refractivity (Wildman–Crippen MR) is 85.2 cm³/mol. The second-order valence-electron chi connectivity index (χ2n) is 4.87. The maximum absolute atomic E-state index is 11.0. The van der Waals surface area contributed by atoms with Gasteiger partial charge < -0.3 is 15.4 Å². The Kier molecular flexibility index (Phi) is 7.94. The van der Waals surface area contributed by atoms with E-state index in [1.807, 2.05) is 0 Å². The van der Waals surface area contributed by atoms with Crippen LogP contribution in [0.5, 0.6) is 0 Å². The highest BCUT2D eigenvalue weighted by atomic mass is 16.5. The maximum atomic E-state index is 11.0. The summed E-state index contributed by atoms with van der Waals surface area (Å²) in [6, 6.07) is 8.40. The summed E-state index contributed by atoms with van der Waals surface area (Å²) >= 11 is 0. The summed E-state index contributed by atoms with van der Waals surface area (Å²) in [5, 5.41) is 6.49. The van der Waals surface area contributed by atoms with E-state index in [9.17, 15) is 4.79 Å². The highest BCUT2D eigenvalue weighted by Crippen LogP contribution is 2.02. The van der Waals surface area contributed by atoms with Gasteiger partial charge in [0.1, 0.15) is 0 Å². The summed E-state index contributed by atoms with van der Waals surface area (Å²) in [7, 11) is 3.16. The van der Waals surface area contributed by atoms with Gasteiger partial charge in [-0.05, 0) is 25.3 Å². The van der Waals surface area contributed by atoms with Crippen LogP contribution in [0.4, 0.5) is 0 Å². The quantitative estimate of drug-likeness (QED) is 0.349. The van der Waals surface area contributed by atoms with Crippen LogP contribution in [0.25, 0.3) is 0 Å². The summed E-state index contributed by atoms with van der Waals surface area (Å²) in [4.78, 5) is 15.1. The van der Waals surface area contributed by atoms with Crippen LogP contribution in [0, 0.1) is 6.92 Å². The van der Waals surface area contributed by atoms with Gasteiger partial charge >= 0.3 is 5.97 Å². The smallest absolute Gasteiger partial charge is 0.305 e. The lowest BCUT2D eigenvalue weighted by Gasteiger charge is -2.12. The molecule has 21 heavy (non-hydrogen) atoms. The van der Waals surface area contributed by atoms with E-state index < -0.39 is 0 Å². The molecular weight excluding hydrogens is 266 g/mol. The van der Waals surface area contributed by atoms with Crippen molar-refractivity contribution in [1.29, 1.82) is 0 Å². The van der Waals surface area contributed by atoms with Crippen LogP contribution < -0.4 is 10.6 Å². The van der Waals surface area contributed by atoms with Gasteiger partial charge in [-0.2, -0.15) is 0 Å². The third kappa shape index (κ3) is 7.34. The van der Waals surface area contributed by atoms with Crippen molar-refractivity contribution in [2.75, 3.05) is 20.7 Å². The molecule has 0 aliphatic rings. The number of unbranched alkanes of at least 4 members (excludes halogenated alkanes) is 1. The zero-order valence-corrected chi connectivity index (χ0v) is 13.1. The lowest BCUT2D eigenvalue weighted by molar-refractivity contribution is -0.140. The molecule has 0 saturated heterocycles. The molecule has 0 atom stereocenters. The second-order valence-corrected chi connectivity index (χ2v) is 4.87. The number of guanidine groups is 1. The van der Waals surface area contributed by atoms with Crippen LogP contribution in [-0.4, -0.2) is 32.6 Å². The Morgan fingerprint density at radius 3 is 2.52 bits per heavy atom. The lowest BCUT2D eigenvalue weighted by atomic mass is 10.1. The molecule has 5 heteroatoms. The minimum Gasteiger partial charge on any atom is -0.469 e. The minimum atomic E-state index is -0.156. The molecule has 5 nitrogen and oxygen atoms in total. The number of carbonyl (C=O) groups excluding carboxylic acids is 1. The van der Waals surface area contributed by atoms with Crippen molar-refractivity contribution in [3.8, 4) is 0 Å². The van der Waals surface area contributed by atoms with E-state index in [2.05, 4.69) is 51.6 Å². The average molecular weight is 291 g/mol. The molecule has 0 aliphatic heterocycles. The fraction of sp³-hybridized carbons (Fsp3) is 0.500. The first-order valence-electron chi connectivity index (χ1n) is 7.22. The van der Waals surface area contributed by atoms with Crippen molar-refractivity contribution in [2.45, 2.75) is 32.7 Å². The monoisotopic (exact) mass is 291 g/mol. The predicted octanol–water partition coefficient (Wildman–Crippen LogP) is 2.00. The number of hydrogen-bond acceptors (Lipinski definition) is 3. The van der Waals surface area contributed by atoms with Crippen molar-refractivity contribution < 1.29 is 9.53 Å². The third-order valence-corrected chi connectivity index (χ3v) is 3.13. The van der Waals surface area contributed by atoms with Gasteiger partial charge in [0.25, 0.3) is 0 Å². The zero-order valence-electron chi connectivity index (χ0n) is 13.1. The van der Waals surface area contributed by atoms with Crippen LogP contribution in [0.15, 0.2) is 29.3 Å². The summed E-state index contributed by atoms with van der Waals surface area (Å²) in [5.41, 5.74) is 2.47. The molecule has 0 bridgehead atoms. The van der Waals surface area contributed by atoms with Crippen molar-refractivity contribution in [2.24, 2.45) is 4.99 Å². The summed E-state index contributed by atoms with van der Waals surface area (Å²) in [6.45, 7) is 3.60. The molecule has 0 amide bonds. The number of esters is 1. The van der Waals surface area contributed by atoms with Gasteiger partial charge in [0.2, 0.25) is 0 Å². The molecule has 0 aliphatic carbocycles. The first-order chi connectivity index (χ1) is 10.2. The Balaban J connectivity index is 2.20. The van der Waals surface area contributed by atoms with Crippen molar-refractivity contribution in [1.82, 2.24) is 10.6 Å². The van der Waals surface area contributed by atoms with Crippen LogP contribution in [0.3, 0.4) is 0 Å². The molecule has 116 valence electrons. The third-order valence-electron chi connectivity index (χ3n) is 3.13. The van der Waals surface area contributed by atoms with Gasteiger partial charge in [-0.15, -0.1) is 0 Å². The standard InChI is InChI=1S/C16H25N3O2/c1-13-7-9-14(10-8-13)12-19-16(17-2)18-11-5-4-6-15(20)21-3/h7-10H,4-6,11-12H2,1-3H3,(H2,17,18,19). The van der Waals surface area contributed by atoms with E-state index in [0.29, 0.717) is 6.42 Å². The Labute approximate surface area is 126 Å². The van der Waals surface area contributed by atoms with E-state index in [-0.39, 0.29) is 5.97 Å². The number of aliphatic imine (C=N–C) groups is 1. The topological polar surface area (TPSA) is 62.7 Å². The van der Waals surface area contributed by atoms with Crippen molar-refractivity contribution in [3.63, 3.8) is 0 Å². The van der Waals surface area contributed by atoms with Gasteiger partial charge in [-0.3, -0.25) is 9.79 Å². The highest BCUT2D eigenvalue weighted by Gasteiger charge is 2.01. The fourth-order valence-corrected chi connectivity index (χ4v) is 1.82. The Morgan fingerprint density at radius 2 is 1.90 bits per heavy atom. The van der Waals surface area contributed by atoms with E-state index in [0.717, 1.165) is 31.9 Å². The molecule has 1 aromatic carbocycles. The van der Waals surface area contributed by atoms with Gasteiger partial charge in [0, 0.05) is 26.6 Å². The molecule has 0 heterocycles. The molecule has 2 N–H and O–H groups in total. The molecular formula is C16H25N3O2. The van der Waals surface area contributed by atoms with Crippen LogP contribution >= 0.6 is 0 Å². The first kappa shape index (κ1) is 17.0. The van der Waals surface area contributed by atoms with E-state index in [1.165, 1.54) is 18.2 Å². The summed E-state index contributed by atoms with van der Waals surface area (Å²) < 4.78 is 4.60. The Hall–Kier alpha value is -2.04. The number of methoxy groups -OCH3 is 1. The average Bonchev–Trinajstić information content (AvgIpc) is 2.51. The number of benzene rings is 1. The van der Waals surface area contributed by atoms with Gasteiger partial charge in [0.15, 0.2) is 5.96 Å². The fourth-order valence-electron chi connectivity index (χ4n) is 1.82. The van der Waals surface area contributed by atoms with Crippen molar-refractivity contribution in [3.05, 3.63) is 35.4 Å². The van der Waals surface area contributed by atoms with Crippen LogP contribution in [0.2, 0.25) is 0 Å². The first-order valence-corrected chi connectivity index (χ1v) is 7.22. The molecule has 0 unspecified atom stereocenters. The highest BCUT2D eigenvalue weighted by molar-refractivity contribution is 5.79. The summed E-state index contributed by atoms with van der Waals surface area (Å²) in [5.74, 6) is 0.616. The van der Waals surface area contributed by atoms with Gasteiger partial charge in [-0.25, -0.2) is 0 Å². The Morgan fingerprint density at radius 1 is 1.19 bits per heavy atom. The number of ether oxygens (including phenoxy) is 1. The largest absolute Gasteiger partial charge is 0.469 e. The van der Waals surface area contributed by atoms with E-state index in [1.54, 1.807) is 7.05 Å². The molecule has 0 fully saturated rings. The van der Waals surface area contributed by atoms with E-state index in [4.69, 9.17) is 0 Å². The second kappa shape index (κ2) is 9.80. The van der Waals surface area contributed by atoms with Gasteiger partial charge in [-0.1, -0.05) is 29.8 Å². The molecule has 0 radical (unpaired) electrons. The normalized spacial score (nSPS) is 11.1. The van der Waals surface area contributed by atoms with E-state index >= 15 is 0 Å². The van der Waals surface area contributed by atoms with Crippen LogP contribution in [-0.2, 0) is 16.1 Å². The molecule has 1 aromatic rings. The molecule has 0 spiro atoms. The number of nitrogens with one attached hydrogen (secondary N) is 2. The molecule has 0 aromatic heterocycles. The number of carbonyl (C=O) groups is 1. The SMILES string of the molecule is CN=C(NCCCCC(=O)OC)NCc1ccc(C)cc1. The van der Waals surface area contributed by atoms with Crippen molar-refractivity contribution >= 4 is 11.9 Å². The maximum Gasteiger partial charge on any atom is 0.305 e. The Bertz CT molecular complexity index is 455. The number of nitrogens with zero attached hydrogens (tertiary/aromatic N) is 1.